The SMILES string of the molecule is Cn1ccc2nncc-2c1Cl. The lowest BCUT2D eigenvalue weighted by molar-refractivity contribution is 0.905. The molecular formula is C7H6ClN3. The van der Waals surface area contributed by atoms with Crippen LogP contribution in [0, 0.1) is 0 Å². The summed E-state index contributed by atoms with van der Waals surface area (Å²) in [7, 11) is 1.88. The lowest BCUT2D eigenvalue weighted by atomic mass is 10.2. The smallest absolute Gasteiger partial charge is 0.119 e. The summed E-state index contributed by atoms with van der Waals surface area (Å²) in [6, 6.07) is 1.88. The van der Waals surface area contributed by atoms with E-state index in [1.807, 2.05) is 23.9 Å². The molecule has 2 aliphatic heterocycles. The fraction of sp³-hybridized carbons (Fsp3) is 0.143. The van der Waals surface area contributed by atoms with E-state index in [9.17, 15) is 0 Å². The molecule has 2 rings (SSSR count). The number of aryl methyl sites for hydroxylation is 1. The third-order valence-electron chi connectivity index (χ3n) is 1.62. The molecule has 3 nitrogen and oxygen atoms in total. The van der Waals surface area contributed by atoms with Crippen LogP contribution in [-0.4, -0.2) is 14.8 Å². The molecule has 0 fully saturated rings. The minimum absolute atomic E-state index is 0.674. The molecule has 0 aliphatic carbocycles. The third-order valence-corrected chi connectivity index (χ3v) is 2.09. The number of pyridine rings is 1. The molecule has 2 heterocycles. The van der Waals surface area contributed by atoms with E-state index in [2.05, 4.69) is 10.2 Å². The Morgan fingerprint density at radius 3 is 3.18 bits per heavy atom. The van der Waals surface area contributed by atoms with E-state index in [0.29, 0.717) is 5.15 Å². The van der Waals surface area contributed by atoms with Gasteiger partial charge in [0.05, 0.1) is 17.5 Å². The fourth-order valence-electron chi connectivity index (χ4n) is 0.989. The third kappa shape index (κ3) is 0.886. The summed E-state index contributed by atoms with van der Waals surface area (Å²) in [6.45, 7) is 0. The van der Waals surface area contributed by atoms with Crippen LogP contribution in [0.15, 0.2) is 18.5 Å². The Labute approximate surface area is 69.0 Å². The van der Waals surface area contributed by atoms with Crippen LogP contribution in [0.25, 0.3) is 11.3 Å². The van der Waals surface area contributed by atoms with Crippen LogP contribution in [0.4, 0.5) is 0 Å². The Kier molecular flexibility index (Phi) is 1.32. The maximum Gasteiger partial charge on any atom is 0.119 e. The Morgan fingerprint density at radius 2 is 2.36 bits per heavy atom. The number of rotatable bonds is 0. The average Bonchev–Trinajstić information content (AvgIpc) is 2.45. The summed E-state index contributed by atoms with van der Waals surface area (Å²) >= 11 is 5.95. The van der Waals surface area contributed by atoms with Crippen LogP contribution in [0.1, 0.15) is 0 Å². The molecule has 11 heavy (non-hydrogen) atoms. The number of nitrogens with zero attached hydrogens (tertiary/aromatic N) is 3. The van der Waals surface area contributed by atoms with Gasteiger partial charge in [-0.05, 0) is 6.07 Å². The molecule has 0 bridgehead atoms. The van der Waals surface area contributed by atoms with Crippen LogP contribution < -0.4 is 0 Å². The second kappa shape index (κ2) is 2.20. The van der Waals surface area contributed by atoms with Gasteiger partial charge < -0.3 is 4.57 Å². The molecule has 0 amide bonds. The number of hydrogen-bond donors (Lipinski definition) is 0. The monoisotopic (exact) mass is 167 g/mol. The van der Waals surface area contributed by atoms with Crippen molar-refractivity contribution in [1.82, 2.24) is 14.8 Å². The van der Waals surface area contributed by atoms with Crippen molar-refractivity contribution in [2.45, 2.75) is 0 Å². The van der Waals surface area contributed by atoms with E-state index in [-0.39, 0.29) is 0 Å². The van der Waals surface area contributed by atoms with Crippen molar-refractivity contribution < 1.29 is 0 Å². The first-order chi connectivity index (χ1) is 5.29. The number of aromatic nitrogens is 3. The van der Waals surface area contributed by atoms with Crippen molar-refractivity contribution in [3.8, 4) is 11.3 Å². The van der Waals surface area contributed by atoms with Gasteiger partial charge in [-0.15, -0.1) is 0 Å². The zero-order valence-electron chi connectivity index (χ0n) is 5.95. The summed E-state index contributed by atoms with van der Waals surface area (Å²) in [5.74, 6) is 0. The van der Waals surface area contributed by atoms with E-state index < -0.39 is 0 Å². The van der Waals surface area contributed by atoms with Crippen molar-refractivity contribution >= 4 is 11.6 Å². The van der Waals surface area contributed by atoms with Crippen LogP contribution >= 0.6 is 11.6 Å². The zero-order valence-corrected chi connectivity index (χ0v) is 6.71. The Bertz CT molecular complexity index is 355. The molecule has 0 radical (unpaired) electrons. The summed E-state index contributed by atoms with van der Waals surface area (Å²) in [4.78, 5) is 0. The molecule has 0 unspecified atom stereocenters. The van der Waals surface area contributed by atoms with Gasteiger partial charge in [0.2, 0.25) is 0 Å². The minimum atomic E-state index is 0.674. The first kappa shape index (κ1) is 6.61. The predicted molar refractivity (Wildman–Crippen MR) is 42.6 cm³/mol. The molecule has 4 heteroatoms. The second-order valence-corrected chi connectivity index (χ2v) is 2.72. The summed E-state index contributed by atoms with van der Waals surface area (Å²) in [5.41, 5.74) is 1.74. The Balaban J connectivity index is 2.81. The Hall–Kier alpha value is -1.09. The topological polar surface area (TPSA) is 30.7 Å². The van der Waals surface area contributed by atoms with Crippen molar-refractivity contribution in [1.29, 1.82) is 0 Å². The Morgan fingerprint density at radius 1 is 1.55 bits per heavy atom. The molecule has 0 atom stereocenters. The highest BCUT2D eigenvalue weighted by Crippen LogP contribution is 2.25. The van der Waals surface area contributed by atoms with Crippen molar-refractivity contribution in [2.24, 2.45) is 7.05 Å². The highest BCUT2D eigenvalue weighted by molar-refractivity contribution is 6.32. The van der Waals surface area contributed by atoms with Crippen molar-refractivity contribution in [3.63, 3.8) is 0 Å². The molecule has 0 N–H and O–H groups in total. The number of halogens is 1. The van der Waals surface area contributed by atoms with Gasteiger partial charge in [0.1, 0.15) is 5.15 Å². The molecule has 0 aromatic carbocycles. The maximum atomic E-state index is 5.95. The normalized spacial score (nSPS) is 10.7. The van der Waals surface area contributed by atoms with E-state index in [1.165, 1.54) is 0 Å². The molecule has 2 aliphatic rings. The van der Waals surface area contributed by atoms with Crippen molar-refractivity contribution in [2.75, 3.05) is 0 Å². The molecular weight excluding hydrogens is 162 g/mol. The van der Waals surface area contributed by atoms with Gasteiger partial charge in [0.15, 0.2) is 0 Å². The number of fused-ring (bicyclic) bond motifs is 1. The molecule has 0 saturated heterocycles. The van der Waals surface area contributed by atoms with Gasteiger partial charge in [-0.3, -0.25) is 0 Å². The standard InChI is InChI=1S/C7H6ClN3/c1-11-3-2-6-5(7(11)8)4-9-10-6/h2-4H,1H3. The van der Waals surface area contributed by atoms with Gasteiger partial charge in [-0.2, -0.15) is 10.2 Å². The van der Waals surface area contributed by atoms with Gasteiger partial charge in [0.25, 0.3) is 0 Å². The van der Waals surface area contributed by atoms with Gasteiger partial charge >= 0.3 is 0 Å². The van der Waals surface area contributed by atoms with E-state index >= 15 is 0 Å². The van der Waals surface area contributed by atoms with Gasteiger partial charge in [0, 0.05) is 13.2 Å². The first-order valence-corrected chi connectivity index (χ1v) is 3.59. The molecule has 0 spiro atoms. The van der Waals surface area contributed by atoms with E-state index in [4.69, 9.17) is 11.6 Å². The second-order valence-electron chi connectivity index (χ2n) is 2.36. The van der Waals surface area contributed by atoms with Crippen LogP contribution in [-0.2, 0) is 7.05 Å². The van der Waals surface area contributed by atoms with Crippen LogP contribution in [0.2, 0.25) is 5.15 Å². The largest absolute Gasteiger partial charge is 0.341 e. The van der Waals surface area contributed by atoms with E-state index in [1.54, 1.807) is 6.20 Å². The zero-order chi connectivity index (χ0) is 7.84. The predicted octanol–water partition coefficient (Wildman–Crippen LogP) is 1.57. The minimum Gasteiger partial charge on any atom is -0.341 e. The molecule has 56 valence electrons. The molecule has 0 aromatic heterocycles. The lowest BCUT2D eigenvalue weighted by Crippen LogP contribution is -1.93. The summed E-state index contributed by atoms with van der Waals surface area (Å²) in [5, 5.41) is 8.30. The molecule has 0 aromatic rings. The molecule has 0 saturated carbocycles. The average molecular weight is 168 g/mol. The van der Waals surface area contributed by atoms with Gasteiger partial charge in [-0.1, -0.05) is 11.6 Å². The quantitative estimate of drug-likeness (QED) is 0.558. The van der Waals surface area contributed by atoms with E-state index in [0.717, 1.165) is 11.3 Å². The fourth-order valence-corrected chi connectivity index (χ4v) is 1.19. The first-order valence-electron chi connectivity index (χ1n) is 3.21. The maximum absolute atomic E-state index is 5.95. The van der Waals surface area contributed by atoms with Crippen LogP contribution in [0.5, 0.6) is 0 Å². The highest BCUT2D eigenvalue weighted by Gasteiger charge is 2.09. The van der Waals surface area contributed by atoms with Crippen molar-refractivity contribution in [3.05, 3.63) is 23.6 Å². The van der Waals surface area contributed by atoms with Gasteiger partial charge in [-0.25, -0.2) is 0 Å². The van der Waals surface area contributed by atoms with Crippen LogP contribution in [0.3, 0.4) is 0 Å². The summed E-state index contributed by atoms with van der Waals surface area (Å²) < 4.78 is 1.83. The highest BCUT2D eigenvalue weighted by atomic mass is 35.5. The lowest BCUT2D eigenvalue weighted by Gasteiger charge is -2.04. The number of hydrogen-bond acceptors (Lipinski definition) is 2. The summed E-state index contributed by atoms with van der Waals surface area (Å²) in [6.07, 6.45) is 3.52.